The van der Waals surface area contributed by atoms with Gasteiger partial charge in [0.1, 0.15) is 0 Å². The Hall–Kier alpha value is -1.35. The minimum atomic E-state index is 0.491. The molecule has 3 nitrogen and oxygen atoms in total. The fraction of sp³-hybridized carbons (Fsp3) is 0.429. The van der Waals surface area contributed by atoms with Crippen molar-refractivity contribution in [1.29, 1.82) is 0 Å². The largest absolute Gasteiger partial charge is 0.392 e. The third kappa shape index (κ3) is 4.49. The molecule has 0 atom stereocenters. The van der Waals surface area contributed by atoms with E-state index in [9.17, 15) is 0 Å². The molecular formula is C14H21ClN3+. The molecule has 0 aliphatic rings. The van der Waals surface area contributed by atoms with Gasteiger partial charge in [-0.25, -0.2) is 0 Å². The van der Waals surface area contributed by atoms with Crippen molar-refractivity contribution >= 4 is 22.7 Å². The van der Waals surface area contributed by atoms with E-state index in [-0.39, 0.29) is 0 Å². The highest BCUT2D eigenvalue weighted by molar-refractivity contribution is 6.64. The number of hydrogen-bond acceptors (Lipinski definition) is 0. The average molecular weight is 267 g/mol. The van der Waals surface area contributed by atoms with Gasteiger partial charge < -0.3 is 4.90 Å². The molecule has 0 unspecified atom stereocenters. The van der Waals surface area contributed by atoms with Gasteiger partial charge in [0, 0.05) is 25.7 Å². The summed E-state index contributed by atoms with van der Waals surface area (Å²) >= 11 is 6.07. The number of rotatable bonds is 2. The van der Waals surface area contributed by atoms with E-state index in [4.69, 9.17) is 11.6 Å². The molecule has 0 fully saturated rings. The maximum Gasteiger partial charge on any atom is 0.392 e. The lowest BCUT2D eigenvalue weighted by molar-refractivity contribution is -0.462. The monoisotopic (exact) mass is 266 g/mol. The van der Waals surface area contributed by atoms with Crippen molar-refractivity contribution in [2.75, 3.05) is 28.2 Å². The molecule has 0 N–H and O–H groups in total. The van der Waals surface area contributed by atoms with E-state index in [1.54, 1.807) is 4.58 Å². The maximum atomic E-state index is 6.07. The molecule has 0 heterocycles. The minimum absolute atomic E-state index is 0.491. The molecule has 0 bridgehead atoms. The number of nitrogens with zero attached hydrogens (tertiary/aromatic N) is 3. The molecule has 18 heavy (non-hydrogen) atoms. The van der Waals surface area contributed by atoms with E-state index in [2.05, 4.69) is 36.2 Å². The van der Waals surface area contributed by atoms with Crippen LogP contribution in [-0.4, -0.2) is 48.8 Å². The normalized spacial score (nSPS) is 11.3. The number of aryl methyl sites for hydroxylation is 1. The highest BCUT2D eigenvalue weighted by atomic mass is 35.5. The molecule has 0 amide bonds. The van der Waals surface area contributed by atoms with Gasteiger partial charge in [-0.15, -0.1) is 0 Å². The predicted octanol–water partition coefficient (Wildman–Crippen LogP) is 2.36. The summed E-state index contributed by atoms with van der Waals surface area (Å²) in [7, 11) is 7.72. The Morgan fingerprint density at radius 1 is 1.22 bits per heavy atom. The SMILES string of the molecule is Cc1ccc(C/C(=N\C(Cl)=[N+](C)C)N(C)C)cc1. The van der Waals surface area contributed by atoms with Crippen molar-refractivity contribution in [2.24, 2.45) is 4.99 Å². The summed E-state index contributed by atoms with van der Waals surface area (Å²) < 4.78 is 1.79. The van der Waals surface area contributed by atoms with Crippen molar-refractivity contribution in [1.82, 2.24) is 4.90 Å². The summed E-state index contributed by atoms with van der Waals surface area (Å²) in [6.07, 6.45) is 0.775. The van der Waals surface area contributed by atoms with Gasteiger partial charge in [-0.3, -0.25) is 4.58 Å². The van der Waals surface area contributed by atoms with Crippen LogP contribution in [0, 0.1) is 6.92 Å². The van der Waals surface area contributed by atoms with E-state index in [0.717, 1.165) is 12.3 Å². The number of amidine groups is 2. The van der Waals surface area contributed by atoms with E-state index in [0.29, 0.717) is 5.29 Å². The molecular weight excluding hydrogens is 246 g/mol. The van der Waals surface area contributed by atoms with Gasteiger partial charge in [0.25, 0.3) is 0 Å². The van der Waals surface area contributed by atoms with Gasteiger partial charge in [0.05, 0.1) is 20.5 Å². The number of halogens is 1. The van der Waals surface area contributed by atoms with E-state index in [1.165, 1.54) is 11.1 Å². The van der Waals surface area contributed by atoms with Gasteiger partial charge >= 0.3 is 5.29 Å². The number of aliphatic imine (C=N–C) groups is 1. The Balaban J connectivity index is 2.95. The van der Waals surface area contributed by atoms with E-state index < -0.39 is 0 Å². The second-order valence-electron chi connectivity index (χ2n) is 4.75. The molecule has 0 aromatic heterocycles. The van der Waals surface area contributed by atoms with E-state index >= 15 is 0 Å². The van der Waals surface area contributed by atoms with Crippen LogP contribution in [0.15, 0.2) is 29.3 Å². The summed E-state index contributed by atoms with van der Waals surface area (Å²) in [4.78, 5) is 6.44. The molecule has 0 saturated carbocycles. The predicted molar refractivity (Wildman–Crippen MR) is 79.0 cm³/mol. The Labute approximate surface area is 114 Å². The molecule has 0 saturated heterocycles. The van der Waals surface area contributed by atoms with Crippen molar-refractivity contribution in [3.63, 3.8) is 0 Å². The zero-order chi connectivity index (χ0) is 13.7. The van der Waals surface area contributed by atoms with Crippen LogP contribution in [0.25, 0.3) is 0 Å². The number of likely N-dealkylation sites (N-methyl/N-ethyl adjacent to an activating group) is 1. The Morgan fingerprint density at radius 2 is 1.78 bits per heavy atom. The van der Waals surface area contributed by atoms with Gasteiger partial charge in [-0.2, -0.15) is 0 Å². The highest BCUT2D eigenvalue weighted by Gasteiger charge is 2.13. The lowest BCUT2D eigenvalue weighted by Crippen LogP contribution is -2.25. The third-order valence-electron chi connectivity index (χ3n) is 2.59. The molecule has 4 heteroatoms. The first-order chi connectivity index (χ1) is 8.40. The highest BCUT2D eigenvalue weighted by Crippen LogP contribution is 2.06. The molecule has 1 rings (SSSR count). The smallest absolute Gasteiger partial charge is 0.345 e. The molecule has 1 aromatic rings. The summed E-state index contributed by atoms with van der Waals surface area (Å²) in [5.74, 6) is 0.942. The summed E-state index contributed by atoms with van der Waals surface area (Å²) in [5, 5.41) is 0.491. The second-order valence-corrected chi connectivity index (χ2v) is 5.09. The minimum Gasteiger partial charge on any atom is -0.345 e. The summed E-state index contributed by atoms with van der Waals surface area (Å²) in [5.41, 5.74) is 2.50. The average Bonchev–Trinajstić information content (AvgIpc) is 2.30. The zero-order valence-electron chi connectivity index (χ0n) is 11.7. The van der Waals surface area contributed by atoms with Crippen LogP contribution in [0.1, 0.15) is 11.1 Å². The fourth-order valence-corrected chi connectivity index (χ4v) is 1.49. The van der Waals surface area contributed by atoms with Crippen LogP contribution in [0.2, 0.25) is 0 Å². The van der Waals surface area contributed by atoms with Crippen LogP contribution >= 0.6 is 11.6 Å². The van der Waals surface area contributed by atoms with Gasteiger partial charge in [-0.05, 0) is 17.5 Å². The van der Waals surface area contributed by atoms with Crippen molar-refractivity contribution in [3.05, 3.63) is 35.4 Å². The van der Waals surface area contributed by atoms with Crippen LogP contribution in [0.5, 0.6) is 0 Å². The zero-order valence-corrected chi connectivity index (χ0v) is 12.5. The second kappa shape index (κ2) is 6.55. The Kier molecular flexibility index (Phi) is 5.35. The molecule has 0 radical (unpaired) electrons. The maximum absolute atomic E-state index is 6.07. The first kappa shape index (κ1) is 14.7. The standard InChI is InChI=1S/C14H21ClN3/c1-11-6-8-12(9-7-11)10-13(17(2)3)16-14(15)18(4)5/h6-9H,10H2,1-5H3/q+1. The first-order valence-electron chi connectivity index (χ1n) is 5.90. The summed E-state index contributed by atoms with van der Waals surface area (Å²) in [6.45, 7) is 2.08. The summed E-state index contributed by atoms with van der Waals surface area (Å²) in [6, 6.07) is 8.47. The lowest BCUT2D eigenvalue weighted by Gasteiger charge is -2.11. The van der Waals surface area contributed by atoms with Crippen molar-refractivity contribution < 1.29 is 4.58 Å². The number of hydrogen-bond donors (Lipinski definition) is 0. The lowest BCUT2D eigenvalue weighted by atomic mass is 10.1. The van der Waals surface area contributed by atoms with Gasteiger partial charge in [0.2, 0.25) is 5.84 Å². The van der Waals surface area contributed by atoms with Crippen LogP contribution < -0.4 is 0 Å². The number of benzene rings is 1. The molecule has 1 aromatic carbocycles. The molecule has 98 valence electrons. The van der Waals surface area contributed by atoms with Crippen LogP contribution in [0.4, 0.5) is 0 Å². The molecule has 0 spiro atoms. The third-order valence-corrected chi connectivity index (χ3v) is 3.01. The van der Waals surface area contributed by atoms with Crippen molar-refractivity contribution in [2.45, 2.75) is 13.3 Å². The molecule has 0 aliphatic carbocycles. The first-order valence-corrected chi connectivity index (χ1v) is 6.28. The van der Waals surface area contributed by atoms with Gasteiger partial charge in [-0.1, -0.05) is 29.8 Å². The van der Waals surface area contributed by atoms with Crippen LogP contribution in [-0.2, 0) is 6.42 Å². The Morgan fingerprint density at radius 3 is 2.22 bits per heavy atom. The Bertz CT molecular complexity index is 454. The van der Waals surface area contributed by atoms with E-state index in [1.807, 2.05) is 33.1 Å². The molecule has 0 aliphatic heterocycles. The van der Waals surface area contributed by atoms with Gasteiger partial charge in [0.15, 0.2) is 0 Å². The van der Waals surface area contributed by atoms with Crippen molar-refractivity contribution in [3.8, 4) is 0 Å². The fourth-order valence-electron chi connectivity index (χ4n) is 1.39. The topological polar surface area (TPSA) is 18.6 Å². The quantitative estimate of drug-likeness (QED) is 0.348. The van der Waals surface area contributed by atoms with Crippen LogP contribution in [0.3, 0.4) is 0 Å².